The van der Waals surface area contributed by atoms with Gasteiger partial charge in [-0.15, -0.1) is 0 Å². The molecular formula is C48H64O12Si4. The van der Waals surface area contributed by atoms with Crippen molar-refractivity contribution in [3.05, 3.63) is 119 Å². The predicted octanol–water partition coefficient (Wildman–Crippen LogP) is 10.6. The number of aryl methyl sites for hydroxylation is 4. The third-order valence-electron chi connectivity index (χ3n) is 10.9. The summed E-state index contributed by atoms with van der Waals surface area (Å²) in [5.41, 5.74) is 3.73. The number of benzene rings is 4. The Bertz CT molecular complexity index is 1910. The SMILES string of the molecule is CC(=O)Oc1ccccc1CCC[Si]1(C)O[Si](C)(CCCc2ccccc2OC(C)=O)O[Si](C)(CCCc2ccccc2OC(C)=O)O[Si](C)(CCCc2ccccc2OC(C)=O)O1. The van der Waals surface area contributed by atoms with E-state index in [9.17, 15) is 19.2 Å². The van der Waals surface area contributed by atoms with Crippen molar-refractivity contribution in [2.45, 2.75) is 129 Å². The molecule has 1 aliphatic heterocycles. The van der Waals surface area contributed by atoms with Crippen LogP contribution in [0.5, 0.6) is 23.0 Å². The van der Waals surface area contributed by atoms with Gasteiger partial charge in [-0.2, -0.15) is 0 Å². The molecule has 0 atom stereocenters. The second-order valence-electron chi connectivity index (χ2n) is 17.2. The summed E-state index contributed by atoms with van der Waals surface area (Å²) in [5.74, 6) is 0.710. The smallest absolute Gasteiger partial charge is 0.317 e. The molecule has 0 unspecified atom stereocenters. The number of hydrogen-bond donors (Lipinski definition) is 0. The first-order valence-electron chi connectivity index (χ1n) is 22.2. The fourth-order valence-electron chi connectivity index (χ4n) is 8.58. The van der Waals surface area contributed by atoms with E-state index in [-0.39, 0.29) is 23.9 Å². The fourth-order valence-corrected chi connectivity index (χ4v) is 31.9. The van der Waals surface area contributed by atoms with Crippen LogP contribution in [0.3, 0.4) is 0 Å². The molecule has 0 aliphatic carbocycles. The van der Waals surface area contributed by atoms with Crippen molar-refractivity contribution >= 4 is 58.1 Å². The first-order valence-corrected chi connectivity index (χ1v) is 32.3. The molecule has 0 saturated carbocycles. The highest BCUT2D eigenvalue weighted by atomic mass is 28.5. The van der Waals surface area contributed by atoms with Crippen LogP contribution in [0.1, 0.15) is 75.6 Å². The third kappa shape index (κ3) is 15.9. The Morgan fingerprint density at radius 1 is 0.359 bits per heavy atom. The summed E-state index contributed by atoms with van der Waals surface area (Å²) in [4.78, 5) is 47.8. The highest BCUT2D eigenvalue weighted by Crippen LogP contribution is 2.40. The van der Waals surface area contributed by atoms with Crippen molar-refractivity contribution in [3.63, 3.8) is 0 Å². The lowest BCUT2D eigenvalue weighted by Crippen LogP contribution is -2.67. The molecule has 1 heterocycles. The average molecular weight is 945 g/mol. The van der Waals surface area contributed by atoms with E-state index in [1.165, 1.54) is 27.7 Å². The number of hydrogen-bond acceptors (Lipinski definition) is 12. The molecule has 1 saturated heterocycles. The van der Waals surface area contributed by atoms with E-state index in [1.807, 2.05) is 97.1 Å². The summed E-state index contributed by atoms with van der Waals surface area (Å²) in [5, 5.41) is 0. The minimum atomic E-state index is -3.09. The molecule has 12 nitrogen and oxygen atoms in total. The Morgan fingerprint density at radius 3 is 0.734 bits per heavy atom. The molecule has 0 N–H and O–H groups in total. The molecule has 16 heteroatoms. The number of para-hydroxylation sites is 4. The van der Waals surface area contributed by atoms with Gasteiger partial charge >= 0.3 is 58.1 Å². The molecule has 344 valence electrons. The van der Waals surface area contributed by atoms with Crippen LogP contribution in [-0.4, -0.2) is 58.1 Å². The zero-order valence-corrected chi connectivity index (χ0v) is 42.6. The molecule has 4 aromatic rings. The van der Waals surface area contributed by atoms with Gasteiger partial charge in [-0.05, 0) is 148 Å². The van der Waals surface area contributed by atoms with Gasteiger partial charge in [0.1, 0.15) is 23.0 Å². The topological polar surface area (TPSA) is 142 Å². The monoisotopic (exact) mass is 944 g/mol. The van der Waals surface area contributed by atoms with Gasteiger partial charge in [-0.3, -0.25) is 19.2 Å². The Balaban J connectivity index is 1.46. The minimum absolute atomic E-state index is 0.370. The van der Waals surface area contributed by atoms with Crippen molar-refractivity contribution in [1.82, 2.24) is 0 Å². The second kappa shape index (κ2) is 23.1. The lowest BCUT2D eigenvalue weighted by molar-refractivity contribution is -0.132. The highest BCUT2D eigenvalue weighted by molar-refractivity contribution is 6.93. The first kappa shape index (κ1) is 50.5. The number of ether oxygens (including phenoxy) is 4. The summed E-state index contributed by atoms with van der Waals surface area (Å²) in [6.07, 6.45) is 5.48. The normalized spacial score (nSPS) is 22.1. The van der Waals surface area contributed by atoms with Gasteiger partial charge in [0, 0.05) is 27.7 Å². The number of esters is 4. The predicted molar refractivity (Wildman–Crippen MR) is 254 cm³/mol. The molecule has 0 spiro atoms. The van der Waals surface area contributed by atoms with Crippen molar-refractivity contribution in [1.29, 1.82) is 0 Å². The number of carbonyl (C=O) groups is 4. The van der Waals surface area contributed by atoms with E-state index in [1.54, 1.807) is 0 Å². The van der Waals surface area contributed by atoms with Crippen LogP contribution in [0.15, 0.2) is 97.1 Å². The van der Waals surface area contributed by atoms with Gasteiger partial charge in [0.2, 0.25) is 0 Å². The van der Waals surface area contributed by atoms with Crippen molar-refractivity contribution < 1.29 is 54.6 Å². The van der Waals surface area contributed by atoms with Crippen molar-refractivity contribution in [2.24, 2.45) is 0 Å². The van der Waals surface area contributed by atoms with Crippen molar-refractivity contribution in [2.75, 3.05) is 0 Å². The van der Waals surface area contributed by atoms with E-state index < -0.39 is 34.2 Å². The van der Waals surface area contributed by atoms with Crippen LogP contribution in [0.25, 0.3) is 0 Å². The van der Waals surface area contributed by atoms with Gasteiger partial charge in [0.25, 0.3) is 0 Å². The van der Waals surface area contributed by atoms with E-state index in [0.717, 1.165) is 47.9 Å². The number of rotatable bonds is 20. The van der Waals surface area contributed by atoms with E-state index in [4.69, 9.17) is 35.4 Å². The summed E-state index contributed by atoms with van der Waals surface area (Å²) in [6.45, 7) is 14.2. The lowest BCUT2D eigenvalue weighted by Gasteiger charge is -2.50. The Morgan fingerprint density at radius 2 is 0.547 bits per heavy atom. The minimum Gasteiger partial charge on any atom is -0.426 e. The largest absolute Gasteiger partial charge is 0.426 e. The summed E-state index contributed by atoms with van der Waals surface area (Å²) in [7, 11) is -12.3. The summed E-state index contributed by atoms with van der Waals surface area (Å²) in [6, 6.07) is 33.0. The Hall–Kier alpha value is -4.53. The zero-order valence-electron chi connectivity index (χ0n) is 38.6. The van der Waals surface area contributed by atoms with Crippen LogP contribution in [-0.2, 0) is 61.3 Å². The van der Waals surface area contributed by atoms with Crippen LogP contribution >= 0.6 is 0 Å². The van der Waals surface area contributed by atoms with Gasteiger partial charge in [0.05, 0.1) is 0 Å². The van der Waals surface area contributed by atoms with Crippen LogP contribution in [0.4, 0.5) is 0 Å². The Labute approximate surface area is 382 Å². The molecule has 0 amide bonds. The molecule has 0 radical (unpaired) electrons. The third-order valence-corrected chi connectivity index (χ3v) is 29.8. The summed E-state index contributed by atoms with van der Waals surface area (Å²) < 4.78 is 52.3. The highest BCUT2D eigenvalue weighted by Gasteiger charge is 2.56. The molecule has 64 heavy (non-hydrogen) atoms. The molecule has 1 aliphatic rings. The van der Waals surface area contributed by atoms with Crippen molar-refractivity contribution in [3.8, 4) is 23.0 Å². The molecular weight excluding hydrogens is 881 g/mol. The molecule has 4 aromatic carbocycles. The van der Waals surface area contributed by atoms with Gasteiger partial charge < -0.3 is 35.4 Å². The maximum atomic E-state index is 11.9. The van der Waals surface area contributed by atoms with Crippen LogP contribution in [0.2, 0.25) is 50.4 Å². The Kier molecular flexibility index (Phi) is 18.2. The molecule has 0 bridgehead atoms. The number of carbonyl (C=O) groups excluding carboxylic acids is 4. The van der Waals surface area contributed by atoms with Gasteiger partial charge in [0.15, 0.2) is 0 Å². The lowest BCUT2D eigenvalue weighted by atomic mass is 10.1. The van der Waals surface area contributed by atoms with Crippen LogP contribution < -0.4 is 18.9 Å². The second-order valence-corrected chi connectivity index (χ2v) is 31.5. The first-order chi connectivity index (χ1) is 30.4. The molecule has 1 fully saturated rings. The maximum absolute atomic E-state index is 11.9. The molecule has 0 aromatic heterocycles. The summed E-state index contributed by atoms with van der Waals surface area (Å²) >= 11 is 0. The molecule has 5 rings (SSSR count). The maximum Gasteiger partial charge on any atom is 0.317 e. The quantitative estimate of drug-likeness (QED) is 0.0473. The zero-order chi connectivity index (χ0) is 46.4. The van der Waals surface area contributed by atoms with Gasteiger partial charge in [-0.1, -0.05) is 72.8 Å². The van der Waals surface area contributed by atoms with E-state index in [2.05, 4.69) is 26.2 Å². The van der Waals surface area contributed by atoms with Crippen LogP contribution in [0, 0.1) is 0 Å². The average Bonchev–Trinajstić information content (AvgIpc) is 3.19. The van der Waals surface area contributed by atoms with E-state index >= 15 is 0 Å². The van der Waals surface area contributed by atoms with Gasteiger partial charge in [-0.25, -0.2) is 0 Å². The van der Waals surface area contributed by atoms with E-state index in [0.29, 0.717) is 72.9 Å². The fraction of sp³-hybridized carbons (Fsp3) is 0.417. The standard InChI is InChI=1S/C48H64O12Si4/c1-37(49)53-45-29-13-9-21-41(45)25-17-33-61(5)57-62(6,34-18-26-42-22-10-14-30-46(42)54-38(2)50)59-64(8,36-20-28-44-24-12-16-32-48(44)56-40(4)52)60-63(7,58-61)35-19-27-43-23-11-15-31-47(43)55-39(3)51/h9-16,21-24,29-32H,17-20,25-28,33-36H2,1-8H3.